The summed E-state index contributed by atoms with van der Waals surface area (Å²) in [5.41, 5.74) is 4.67. The lowest BCUT2D eigenvalue weighted by Gasteiger charge is -2.16. The lowest BCUT2D eigenvalue weighted by Crippen LogP contribution is -2.24. The smallest absolute Gasteiger partial charge is 0.231 e. The molecule has 4 aromatic rings. The second-order valence-corrected chi connectivity index (χ2v) is 8.65. The molecular formula is C25H26N4O2. The van der Waals surface area contributed by atoms with Crippen molar-refractivity contribution < 1.29 is 9.32 Å². The summed E-state index contributed by atoms with van der Waals surface area (Å²) in [6.07, 6.45) is 2.99. The van der Waals surface area contributed by atoms with E-state index in [9.17, 15) is 4.79 Å². The first kappa shape index (κ1) is 19.5. The molecule has 3 heterocycles. The summed E-state index contributed by atoms with van der Waals surface area (Å²) >= 11 is 0. The van der Waals surface area contributed by atoms with Crippen LogP contribution in [0.15, 0.2) is 59.3 Å². The number of likely N-dealkylation sites (tertiary alicyclic amines) is 1. The molecule has 1 aliphatic heterocycles. The Hall–Kier alpha value is -3.41. The lowest BCUT2D eigenvalue weighted by molar-refractivity contribution is -0.128. The van der Waals surface area contributed by atoms with E-state index in [-0.39, 0.29) is 11.8 Å². The average Bonchev–Trinajstić information content (AvgIpc) is 3.49. The molecule has 1 atom stereocenters. The normalized spacial score (nSPS) is 16.7. The van der Waals surface area contributed by atoms with Crippen molar-refractivity contribution in [1.82, 2.24) is 20.0 Å². The van der Waals surface area contributed by atoms with Crippen molar-refractivity contribution in [3.63, 3.8) is 0 Å². The number of carbonyl (C=O) groups is 1. The fourth-order valence-corrected chi connectivity index (χ4v) is 4.27. The third kappa shape index (κ3) is 3.98. The van der Waals surface area contributed by atoms with Crippen molar-refractivity contribution in [3.8, 4) is 0 Å². The molecule has 6 heteroatoms. The zero-order valence-corrected chi connectivity index (χ0v) is 17.8. The minimum atomic E-state index is -0.0251. The SMILES string of the molecule is CC(C)c1ccc(CN2CC(c3noc(Cc4c[nH]c5ccccc45)n3)CC2=O)cc1. The van der Waals surface area contributed by atoms with Gasteiger partial charge < -0.3 is 14.4 Å². The molecule has 0 aliphatic carbocycles. The molecule has 6 nitrogen and oxygen atoms in total. The average molecular weight is 415 g/mol. The fourth-order valence-electron chi connectivity index (χ4n) is 4.27. The van der Waals surface area contributed by atoms with Gasteiger partial charge in [-0.15, -0.1) is 0 Å². The standard InChI is InChI=1S/C25H26N4O2/c1-16(2)18-9-7-17(8-10-18)14-29-15-20(12-24(29)30)25-27-23(31-28-25)11-19-13-26-22-6-4-3-5-21(19)22/h3-10,13,16,20,26H,11-12,14-15H2,1-2H3. The van der Waals surface area contributed by atoms with Gasteiger partial charge in [0, 0.05) is 42.5 Å². The molecule has 0 bridgehead atoms. The molecule has 1 N–H and O–H groups in total. The number of nitrogens with zero attached hydrogens (tertiary/aromatic N) is 3. The molecule has 2 aromatic heterocycles. The van der Waals surface area contributed by atoms with Gasteiger partial charge in [-0.25, -0.2) is 0 Å². The topological polar surface area (TPSA) is 75.0 Å². The Morgan fingerprint density at radius 3 is 2.77 bits per heavy atom. The Morgan fingerprint density at radius 2 is 1.97 bits per heavy atom. The highest BCUT2D eigenvalue weighted by atomic mass is 16.5. The van der Waals surface area contributed by atoms with Gasteiger partial charge in [0.05, 0.1) is 6.42 Å². The Morgan fingerprint density at radius 1 is 1.16 bits per heavy atom. The van der Waals surface area contributed by atoms with E-state index in [1.165, 1.54) is 5.56 Å². The highest BCUT2D eigenvalue weighted by Gasteiger charge is 2.33. The number of rotatable bonds is 6. The molecule has 1 amide bonds. The summed E-state index contributed by atoms with van der Waals surface area (Å²) in [5.74, 6) is 1.82. The van der Waals surface area contributed by atoms with Crippen molar-refractivity contribution in [2.75, 3.05) is 6.54 Å². The van der Waals surface area contributed by atoms with Crippen LogP contribution in [0.2, 0.25) is 0 Å². The summed E-state index contributed by atoms with van der Waals surface area (Å²) in [5, 5.41) is 5.35. The van der Waals surface area contributed by atoms with E-state index in [1.807, 2.05) is 29.3 Å². The van der Waals surface area contributed by atoms with Crippen molar-refractivity contribution in [1.29, 1.82) is 0 Å². The fraction of sp³-hybridized carbons (Fsp3) is 0.320. The van der Waals surface area contributed by atoms with Gasteiger partial charge in [-0.1, -0.05) is 61.5 Å². The summed E-state index contributed by atoms with van der Waals surface area (Å²) in [7, 11) is 0. The molecule has 0 spiro atoms. The van der Waals surface area contributed by atoms with Gasteiger partial charge in [0.15, 0.2) is 5.82 Å². The van der Waals surface area contributed by atoms with E-state index in [0.717, 1.165) is 22.0 Å². The molecule has 158 valence electrons. The molecule has 1 fully saturated rings. The van der Waals surface area contributed by atoms with E-state index in [0.29, 0.717) is 43.6 Å². The lowest BCUT2D eigenvalue weighted by atomic mass is 10.0. The molecular weight excluding hydrogens is 388 g/mol. The van der Waals surface area contributed by atoms with E-state index in [1.54, 1.807) is 0 Å². The van der Waals surface area contributed by atoms with Crippen LogP contribution < -0.4 is 0 Å². The van der Waals surface area contributed by atoms with Crippen molar-refractivity contribution in [3.05, 3.63) is 83.1 Å². The number of para-hydroxylation sites is 1. The molecule has 2 aromatic carbocycles. The second kappa shape index (κ2) is 8.02. The van der Waals surface area contributed by atoms with E-state index < -0.39 is 0 Å². The maximum Gasteiger partial charge on any atom is 0.231 e. The monoisotopic (exact) mass is 414 g/mol. The summed E-state index contributed by atoms with van der Waals surface area (Å²) in [6.45, 7) is 5.60. The van der Waals surface area contributed by atoms with Crippen LogP contribution in [0, 0.1) is 0 Å². The zero-order chi connectivity index (χ0) is 21.4. The Bertz CT molecular complexity index is 1210. The third-order valence-electron chi connectivity index (χ3n) is 6.10. The highest BCUT2D eigenvalue weighted by molar-refractivity contribution is 5.83. The predicted octanol–water partition coefficient (Wildman–Crippen LogP) is 4.78. The van der Waals surface area contributed by atoms with Crippen LogP contribution in [-0.4, -0.2) is 32.5 Å². The molecule has 31 heavy (non-hydrogen) atoms. The summed E-state index contributed by atoms with van der Waals surface area (Å²) in [4.78, 5) is 22.4. The number of aromatic nitrogens is 3. The van der Waals surface area contributed by atoms with E-state index in [4.69, 9.17) is 4.52 Å². The Kier molecular flexibility index (Phi) is 5.06. The molecule has 5 rings (SSSR count). The summed E-state index contributed by atoms with van der Waals surface area (Å²) in [6, 6.07) is 16.7. The summed E-state index contributed by atoms with van der Waals surface area (Å²) < 4.78 is 5.52. The van der Waals surface area contributed by atoms with Crippen molar-refractivity contribution in [2.45, 2.75) is 45.1 Å². The first-order valence-corrected chi connectivity index (χ1v) is 10.8. The molecule has 0 saturated carbocycles. The molecule has 1 aliphatic rings. The Labute approximate surface area is 181 Å². The van der Waals surface area contributed by atoms with Gasteiger partial charge in [0.1, 0.15) is 0 Å². The van der Waals surface area contributed by atoms with Gasteiger partial charge in [-0.05, 0) is 28.7 Å². The van der Waals surface area contributed by atoms with Crippen LogP contribution in [0.4, 0.5) is 0 Å². The zero-order valence-electron chi connectivity index (χ0n) is 17.8. The maximum absolute atomic E-state index is 12.6. The number of hydrogen-bond acceptors (Lipinski definition) is 4. The Balaban J connectivity index is 1.25. The van der Waals surface area contributed by atoms with E-state index in [2.05, 4.69) is 59.3 Å². The molecule has 1 saturated heterocycles. The van der Waals surface area contributed by atoms with Crippen LogP contribution in [0.3, 0.4) is 0 Å². The minimum Gasteiger partial charge on any atom is -0.361 e. The quantitative estimate of drug-likeness (QED) is 0.493. The van der Waals surface area contributed by atoms with Crippen LogP contribution in [0.1, 0.15) is 60.5 Å². The van der Waals surface area contributed by atoms with Crippen LogP contribution in [0.5, 0.6) is 0 Å². The van der Waals surface area contributed by atoms with Gasteiger partial charge in [-0.3, -0.25) is 4.79 Å². The first-order chi connectivity index (χ1) is 15.1. The van der Waals surface area contributed by atoms with Gasteiger partial charge >= 0.3 is 0 Å². The van der Waals surface area contributed by atoms with Crippen LogP contribution in [-0.2, 0) is 17.8 Å². The number of amides is 1. The van der Waals surface area contributed by atoms with Gasteiger partial charge in [0.25, 0.3) is 0 Å². The van der Waals surface area contributed by atoms with Crippen LogP contribution in [0.25, 0.3) is 10.9 Å². The number of nitrogens with one attached hydrogen (secondary N) is 1. The maximum atomic E-state index is 12.6. The second-order valence-electron chi connectivity index (χ2n) is 8.65. The molecule has 0 radical (unpaired) electrons. The van der Waals surface area contributed by atoms with Crippen molar-refractivity contribution >= 4 is 16.8 Å². The first-order valence-electron chi connectivity index (χ1n) is 10.8. The molecule has 1 unspecified atom stereocenters. The van der Waals surface area contributed by atoms with E-state index >= 15 is 0 Å². The largest absolute Gasteiger partial charge is 0.361 e. The number of benzene rings is 2. The minimum absolute atomic E-state index is 0.0251. The number of carbonyl (C=O) groups excluding carboxylic acids is 1. The predicted molar refractivity (Wildman–Crippen MR) is 119 cm³/mol. The number of H-pyrrole nitrogens is 1. The number of fused-ring (bicyclic) bond motifs is 1. The van der Waals surface area contributed by atoms with Crippen LogP contribution >= 0.6 is 0 Å². The van der Waals surface area contributed by atoms with Gasteiger partial charge in [-0.2, -0.15) is 4.98 Å². The highest BCUT2D eigenvalue weighted by Crippen LogP contribution is 2.28. The van der Waals surface area contributed by atoms with Gasteiger partial charge in [0.2, 0.25) is 11.8 Å². The third-order valence-corrected chi connectivity index (χ3v) is 6.10. The number of aromatic amines is 1. The van der Waals surface area contributed by atoms with Crippen molar-refractivity contribution in [2.24, 2.45) is 0 Å². The number of hydrogen-bond donors (Lipinski definition) is 1.